The van der Waals surface area contributed by atoms with Crippen LogP contribution in [0.2, 0.25) is 0 Å². The molecule has 2 N–H and O–H groups in total. The Morgan fingerprint density at radius 1 is 1.05 bits per heavy atom. The summed E-state index contributed by atoms with van der Waals surface area (Å²) in [6.45, 7) is 0.762. The van der Waals surface area contributed by atoms with Gasteiger partial charge < -0.3 is 5.73 Å². The molecule has 2 saturated heterocycles. The second kappa shape index (κ2) is 10.7. The highest BCUT2D eigenvalue weighted by atomic mass is 32.2. The van der Waals surface area contributed by atoms with Crippen molar-refractivity contribution in [3.63, 3.8) is 0 Å². The summed E-state index contributed by atoms with van der Waals surface area (Å²) in [4.78, 5) is 14.0. The van der Waals surface area contributed by atoms with Gasteiger partial charge in [0.2, 0.25) is 5.91 Å². The van der Waals surface area contributed by atoms with Crippen molar-refractivity contribution in [3.05, 3.63) is 70.8 Å². The second-order valence-corrected chi connectivity index (χ2v) is 12.2. The van der Waals surface area contributed by atoms with Crippen molar-refractivity contribution >= 4 is 16.1 Å². The molecule has 4 rings (SSSR count). The van der Waals surface area contributed by atoms with Crippen LogP contribution in [0.25, 0.3) is 0 Å². The summed E-state index contributed by atoms with van der Waals surface area (Å²) >= 11 is 0. The van der Waals surface area contributed by atoms with E-state index in [0.717, 1.165) is 47.7 Å². The average Bonchev–Trinajstić information content (AvgIpc) is 3.07. The van der Waals surface area contributed by atoms with Gasteiger partial charge in [-0.2, -0.15) is 30.2 Å². The summed E-state index contributed by atoms with van der Waals surface area (Å²) < 4.78 is 67.4. The summed E-state index contributed by atoms with van der Waals surface area (Å²) in [7, 11) is -0.886. The number of amides is 1. The minimum Gasteiger partial charge on any atom is -0.366 e. The number of alkyl halides is 3. The molecule has 0 aromatic heterocycles. The van der Waals surface area contributed by atoms with Crippen LogP contribution in [-0.2, 0) is 22.9 Å². The number of nitrogens with zero attached hydrogens (tertiary/aromatic N) is 3. The number of primary amides is 1. The Bertz CT molecular complexity index is 1200. The van der Waals surface area contributed by atoms with Crippen LogP contribution in [0, 0.1) is 0 Å². The number of hydrogen-bond donors (Lipinski definition) is 1. The summed E-state index contributed by atoms with van der Waals surface area (Å²) in [5, 5.41) is 0. The predicted molar refractivity (Wildman–Crippen MR) is 135 cm³/mol. The number of fused-ring (bicyclic) bond motifs is 2. The van der Waals surface area contributed by atoms with Gasteiger partial charge in [-0.15, -0.1) is 0 Å². The summed E-state index contributed by atoms with van der Waals surface area (Å²) in [6, 6.07) is 12.7. The molecular formula is C26H33F3N4O3S. The first-order chi connectivity index (χ1) is 17.4. The Morgan fingerprint density at radius 3 is 2.22 bits per heavy atom. The fraction of sp³-hybridized carbons (Fsp3) is 0.500. The zero-order valence-electron chi connectivity index (χ0n) is 21.0. The van der Waals surface area contributed by atoms with Gasteiger partial charge >= 0.3 is 6.18 Å². The first-order valence-electron chi connectivity index (χ1n) is 12.4. The summed E-state index contributed by atoms with van der Waals surface area (Å²) in [6.07, 6.45) is -0.567. The van der Waals surface area contributed by atoms with Gasteiger partial charge in [-0.25, -0.2) is 0 Å². The maximum Gasteiger partial charge on any atom is 0.416 e. The van der Waals surface area contributed by atoms with Crippen molar-refractivity contribution < 1.29 is 26.4 Å². The SMILES string of the molecule is CN(C)S(=O)(=O)N(CCN1[C@@H]2CC[C@H]1CC(c1cccc(C(N)=O)c1)C2)Cc1ccc(C(F)(F)F)cc1. The van der Waals surface area contributed by atoms with Crippen molar-refractivity contribution in [3.8, 4) is 0 Å². The molecule has 2 aromatic rings. The largest absolute Gasteiger partial charge is 0.416 e. The van der Waals surface area contributed by atoms with E-state index in [1.54, 1.807) is 6.07 Å². The molecule has 1 unspecified atom stereocenters. The lowest BCUT2D eigenvalue weighted by Crippen LogP contribution is -2.48. The number of nitrogens with two attached hydrogens (primary N) is 1. The third kappa shape index (κ3) is 6.17. The van der Waals surface area contributed by atoms with E-state index in [2.05, 4.69) is 4.90 Å². The molecule has 2 aliphatic heterocycles. The standard InChI is InChI=1S/C26H33F3N4O3S/c1-31(2)37(35,36)32(17-18-6-8-22(9-7-18)26(27,28)29)12-13-33-23-10-11-24(33)16-21(15-23)19-4-3-5-20(14-19)25(30)34/h3-9,14,21,23-24H,10-13,15-17H2,1-2H3,(H2,30,34)/t21?,23-,24+. The Labute approximate surface area is 216 Å². The first kappa shape index (κ1) is 27.6. The predicted octanol–water partition coefficient (Wildman–Crippen LogP) is 3.82. The third-order valence-electron chi connectivity index (χ3n) is 7.56. The van der Waals surface area contributed by atoms with Crippen LogP contribution in [0.3, 0.4) is 0 Å². The molecule has 2 aromatic carbocycles. The monoisotopic (exact) mass is 538 g/mol. The molecule has 2 heterocycles. The van der Waals surface area contributed by atoms with Crippen LogP contribution in [0.1, 0.15) is 58.6 Å². The lowest BCUT2D eigenvalue weighted by atomic mass is 9.84. The Balaban J connectivity index is 1.45. The minimum atomic E-state index is -4.44. The number of hydrogen-bond acceptors (Lipinski definition) is 4. The van der Waals surface area contributed by atoms with Crippen LogP contribution in [0.15, 0.2) is 48.5 Å². The molecule has 2 fully saturated rings. The lowest BCUT2D eigenvalue weighted by molar-refractivity contribution is -0.137. The van der Waals surface area contributed by atoms with E-state index in [1.165, 1.54) is 30.5 Å². The molecule has 11 heteroatoms. The van der Waals surface area contributed by atoms with Crippen molar-refractivity contribution in [2.24, 2.45) is 5.73 Å². The summed E-state index contributed by atoms with van der Waals surface area (Å²) in [5.41, 5.74) is 6.79. The normalized spacial score (nSPS) is 22.6. The molecule has 7 nitrogen and oxygen atoms in total. The van der Waals surface area contributed by atoms with E-state index in [1.807, 2.05) is 18.2 Å². The maximum atomic E-state index is 13.1. The van der Waals surface area contributed by atoms with E-state index in [0.29, 0.717) is 35.7 Å². The lowest BCUT2D eigenvalue weighted by Gasteiger charge is -2.40. The molecule has 0 spiro atoms. The fourth-order valence-electron chi connectivity index (χ4n) is 5.59. The highest BCUT2D eigenvalue weighted by Gasteiger charge is 2.41. The van der Waals surface area contributed by atoms with Gasteiger partial charge in [-0.05, 0) is 67.0 Å². The number of benzene rings is 2. The zero-order valence-corrected chi connectivity index (χ0v) is 21.8. The van der Waals surface area contributed by atoms with Crippen LogP contribution in [0.4, 0.5) is 13.2 Å². The van der Waals surface area contributed by atoms with Crippen LogP contribution in [-0.4, -0.2) is 67.1 Å². The molecule has 3 atom stereocenters. The van der Waals surface area contributed by atoms with Crippen LogP contribution >= 0.6 is 0 Å². The highest BCUT2D eigenvalue weighted by Crippen LogP contribution is 2.43. The van der Waals surface area contributed by atoms with Crippen molar-refractivity contribution in [2.45, 2.75) is 56.4 Å². The van der Waals surface area contributed by atoms with Gasteiger partial charge in [0, 0.05) is 51.4 Å². The maximum absolute atomic E-state index is 13.1. The molecule has 2 bridgehead atoms. The van der Waals surface area contributed by atoms with E-state index >= 15 is 0 Å². The molecular weight excluding hydrogens is 505 g/mol. The van der Waals surface area contributed by atoms with E-state index < -0.39 is 27.9 Å². The molecule has 37 heavy (non-hydrogen) atoms. The smallest absolute Gasteiger partial charge is 0.366 e. The summed E-state index contributed by atoms with van der Waals surface area (Å²) in [5.74, 6) is -0.140. The number of piperidine rings is 1. The molecule has 1 amide bonds. The van der Waals surface area contributed by atoms with E-state index in [-0.39, 0.29) is 13.1 Å². The van der Waals surface area contributed by atoms with Gasteiger partial charge in [0.25, 0.3) is 10.2 Å². The number of rotatable bonds is 9. The zero-order chi connectivity index (χ0) is 27.0. The molecule has 0 aliphatic carbocycles. The van der Waals surface area contributed by atoms with E-state index in [4.69, 9.17) is 5.73 Å². The van der Waals surface area contributed by atoms with Gasteiger partial charge in [0.15, 0.2) is 0 Å². The fourth-order valence-corrected chi connectivity index (χ4v) is 6.68. The van der Waals surface area contributed by atoms with Gasteiger partial charge in [-0.1, -0.05) is 24.3 Å². The topological polar surface area (TPSA) is 87.0 Å². The average molecular weight is 539 g/mol. The van der Waals surface area contributed by atoms with Gasteiger partial charge in [-0.3, -0.25) is 9.69 Å². The van der Waals surface area contributed by atoms with Crippen LogP contribution < -0.4 is 5.73 Å². The Kier molecular flexibility index (Phi) is 7.99. The molecule has 202 valence electrons. The third-order valence-corrected chi connectivity index (χ3v) is 9.45. The molecule has 2 aliphatic rings. The number of carbonyl (C=O) groups excluding carboxylic acids is 1. The number of halogens is 3. The van der Waals surface area contributed by atoms with Crippen molar-refractivity contribution in [2.75, 3.05) is 27.2 Å². The highest BCUT2D eigenvalue weighted by molar-refractivity contribution is 7.86. The second-order valence-electron chi connectivity index (χ2n) is 10.1. The number of carbonyl (C=O) groups is 1. The first-order valence-corrected chi connectivity index (χ1v) is 13.7. The van der Waals surface area contributed by atoms with Crippen molar-refractivity contribution in [1.82, 2.24) is 13.5 Å². The van der Waals surface area contributed by atoms with Gasteiger partial charge in [0.05, 0.1) is 5.56 Å². The van der Waals surface area contributed by atoms with Crippen molar-refractivity contribution in [1.29, 1.82) is 0 Å². The quantitative estimate of drug-likeness (QED) is 0.526. The molecule has 0 saturated carbocycles. The van der Waals surface area contributed by atoms with Crippen LogP contribution in [0.5, 0.6) is 0 Å². The van der Waals surface area contributed by atoms with Gasteiger partial charge in [0.1, 0.15) is 0 Å². The van der Waals surface area contributed by atoms with E-state index in [9.17, 15) is 26.4 Å². The Morgan fingerprint density at radius 2 is 1.68 bits per heavy atom. The Hall–Kier alpha value is -2.47. The molecule has 0 radical (unpaired) electrons. The minimum absolute atomic E-state index is 0.00957.